The summed E-state index contributed by atoms with van der Waals surface area (Å²) in [5.74, 6) is 0.795. The van der Waals surface area contributed by atoms with Crippen molar-refractivity contribution in [3.63, 3.8) is 0 Å². The molecule has 5 fully saturated rings. The first-order chi connectivity index (χ1) is 20.0. The maximum Gasteiger partial charge on any atom is 0.328 e. The number of ketones is 1. The molecule has 0 aromatic carbocycles. The van der Waals surface area contributed by atoms with Gasteiger partial charge in [0.25, 0.3) is 0 Å². The van der Waals surface area contributed by atoms with E-state index in [1.54, 1.807) is 0 Å². The molecule has 1 amide bonds. The van der Waals surface area contributed by atoms with Gasteiger partial charge >= 0.3 is 11.9 Å². The van der Waals surface area contributed by atoms with Crippen molar-refractivity contribution in [2.45, 2.75) is 118 Å². The molecule has 240 valence electrons. The highest BCUT2D eigenvalue weighted by Gasteiger charge is 2.72. The van der Waals surface area contributed by atoms with Crippen LogP contribution >= 0.6 is 0 Å². The number of carbonyl (C=O) groups excluding carboxylic acids is 4. The first-order valence-corrected chi connectivity index (χ1v) is 16.7. The number of esters is 2. The van der Waals surface area contributed by atoms with Crippen LogP contribution in [0.2, 0.25) is 0 Å². The molecule has 0 heterocycles. The first kappa shape index (κ1) is 32.2. The minimum absolute atomic E-state index is 0.0513. The van der Waals surface area contributed by atoms with Gasteiger partial charge in [-0.2, -0.15) is 0 Å². The SMILES string of the molecule is C=C(C)[C@@H]1CC[C@]2(C(=O)NC(CC(=O)OC)C(=O)OC)CC[C@]3(C)C(CCC4[C@@]5(C)CCC(=O)C(C)(C)C5CC[C@]43C)C12. The summed E-state index contributed by atoms with van der Waals surface area (Å²) >= 11 is 0. The van der Waals surface area contributed by atoms with E-state index in [1.807, 2.05) is 0 Å². The lowest BCUT2D eigenvalue weighted by Gasteiger charge is -2.72. The van der Waals surface area contributed by atoms with Crippen LogP contribution in [-0.2, 0) is 28.7 Å². The highest BCUT2D eigenvalue weighted by molar-refractivity contribution is 5.91. The summed E-state index contributed by atoms with van der Waals surface area (Å²) in [6.45, 7) is 18.5. The smallest absolute Gasteiger partial charge is 0.328 e. The van der Waals surface area contributed by atoms with Crippen LogP contribution in [0.1, 0.15) is 112 Å². The van der Waals surface area contributed by atoms with Crippen molar-refractivity contribution in [3.05, 3.63) is 12.2 Å². The van der Waals surface area contributed by atoms with Gasteiger partial charge in [0.1, 0.15) is 11.8 Å². The summed E-state index contributed by atoms with van der Waals surface area (Å²) in [5.41, 5.74) is 0.550. The Bertz CT molecular complexity index is 1210. The molecule has 7 heteroatoms. The van der Waals surface area contributed by atoms with Gasteiger partial charge in [-0.05, 0) is 111 Å². The number of ether oxygens (including phenoxy) is 2. The lowest BCUT2D eigenvalue weighted by molar-refractivity contribution is -0.233. The van der Waals surface area contributed by atoms with E-state index in [2.05, 4.69) is 53.4 Å². The van der Waals surface area contributed by atoms with Crippen molar-refractivity contribution >= 4 is 23.6 Å². The molecule has 0 aromatic rings. The van der Waals surface area contributed by atoms with Crippen LogP contribution in [0, 0.1) is 56.7 Å². The number of allylic oxidation sites excluding steroid dienone is 1. The van der Waals surface area contributed by atoms with Crippen molar-refractivity contribution < 1.29 is 28.7 Å². The molecule has 5 rings (SSSR count). The molecule has 0 aliphatic heterocycles. The Labute approximate surface area is 258 Å². The van der Waals surface area contributed by atoms with Gasteiger partial charge in [0.05, 0.1) is 26.1 Å². The molecule has 10 atom stereocenters. The molecular formula is C36H55NO6. The van der Waals surface area contributed by atoms with Gasteiger partial charge in [-0.3, -0.25) is 14.4 Å². The summed E-state index contributed by atoms with van der Waals surface area (Å²) < 4.78 is 9.78. The molecule has 0 spiro atoms. The molecule has 5 aliphatic carbocycles. The number of fused-ring (bicyclic) bond motifs is 7. The van der Waals surface area contributed by atoms with E-state index >= 15 is 0 Å². The minimum atomic E-state index is -1.07. The molecule has 5 aliphatic rings. The topological polar surface area (TPSA) is 98.8 Å². The van der Waals surface area contributed by atoms with Crippen LogP contribution in [-0.4, -0.2) is 43.9 Å². The maximum atomic E-state index is 14.4. The second kappa shape index (κ2) is 10.7. The monoisotopic (exact) mass is 597 g/mol. The number of rotatable bonds is 6. The summed E-state index contributed by atoms with van der Waals surface area (Å²) in [6.07, 6.45) is 9.21. The molecule has 0 bridgehead atoms. The number of carbonyl (C=O) groups is 4. The van der Waals surface area contributed by atoms with Crippen LogP contribution in [0.3, 0.4) is 0 Å². The molecular weight excluding hydrogens is 542 g/mol. The van der Waals surface area contributed by atoms with E-state index in [1.165, 1.54) is 14.2 Å². The Morgan fingerprint density at radius 2 is 1.58 bits per heavy atom. The highest BCUT2D eigenvalue weighted by atomic mass is 16.5. The van der Waals surface area contributed by atoms with Crippen molar-refractivity contribution in [1.29, 1.82) is 0 Å². The fraction of sp³-hybridized carbons (Fsp3) is 0.833. The minimum Gasteiger partial charge on any atom is -0.469 e. The highest BCUT2D eigenvalue weighted by Crippen LogP contribution is 2.77. The molecule has 5 saturated carbocycles. The summed E-state index contributed by atoms with van der Waals surface area (Å²) in [7, 11) is 2.55. The van der Waals surface area contributed by atoms with Crippen LogP contribution in [0.25, 0.3) is 0 Å². The lowest BCUT2D eigenvalue weighted by atomic mass is 9.32. The van der Waals surface area contributed by atoms with E-state index in [9.17, 15) is 19.2 Å². The van der Waals surface area contributed by atoms with E-state index in [-0.39, 0.29) is 45.8 Å². The van der Waals surface area contributed by atoms with Crippen LogP contribution in [0.15, 0.2) is 12.2 Å². The van der Waals surface area contributed by atoms with Gasteiger partial charge in [0.15, 0.2) is 0 Å². The van der Waals surface area contributed by atoms with Gasteiger partial charge in [-0.1, -0.05) is 46.8 Å². The standard InChI is InChI=1S/C36H55NO6/c1-21(2)22-12-17-36(31(41)37-24(30(40)43-9)20-28(39)42-8)19-18-34(6)23(29(22)36)10-11-26-33(5)15-14-27(38)32(3,4)25(33)13-16-35(26,34)7/h22-26,29H,1,10-20H2,2-9H3,(H,37,41)/t22-,23?,24?,25?,26?,29?,33-,34+,35+,36-/m0/s1. The second-order valence-corrected chi connectivity index (χ2v) is 16.3. The summed E-state index contributed by atoms with van der Waals surface area (Å²) in [4.78, 5) is 52.3. The van der Waals surface area contributed by atoms with Crippen LogP contribution in [0.4, 0.5) is 0 Å². The number of methoxy groups -OCH3 is 2. The quantitative estimate of drug-likeness (QED) is 0.280. The molecule has 43 heavy (non-hydrogen) atoms. The Morgan fingerprint density at radius 1 is 0.884 bits per heavy atom. The Hall–Kier alpha value is -2.18. The average molecular weight is 598 g/mol. The fourth-order valence-electron chi connectivity index (χ4n) is 12.2. The maximum absolute atomic E-state index is 14.4. The molecule has 7 nitrogen and oxygen atoms in total. The van der Waals surface area contributed by atoms with Gasteiger partial charge in [0, 0.05) is 11.8 Å². The summed E-state index contributed by atoms with van der Waals surface area (Å²) in [6, 6.07) is -1.07. The fourth-order valence-corrected chi connectivity index (χ4v) is 12.2. The normalized spacial score (nSPS) is 43.6. The number of Topliss-reactive ketones (excluding diaryl/α,β-unsaturated/α-hetero) is 1. The summed E-state index contributed by atoms with van der Waals surface area (Å²) in [5, 5.41) is 2.98. The van der Waals surface area contributed by atoms with Crippen LogP contribution in [0.5, 0.6) is 0 Å². The third kappa shape index (κ3) is 4.47. The zero-order valence-electron chi connectivity index (χ0n) is 27.9. The third-order valence-electron chi connectivity index (χ3n) is 14.7. The van der Waals surface area contributed by atoms with Crippen molar-refractivity contribution in [1.82, 2.24) is 5.32 Å². The largest absolute Gasteiger partial charge is 0.469 e. The Balaban J connectivity index is 1.50. The third-order valence-corrected chi connectivity index (χ3v) is 14.7. The zero-order chi connectivity index (χ0) is 31.8. The Kier molecular flexibility index (Phi) is 8.03. The van der Waals surface area contributed by atoms with E-state index < -0.39 is 23.4 Å². The van der Waals surface area contributed by atoms with Crippen molar-refractivity contribution in [2.24, 2.45) is 56.7 Å². The van der Waals surface area contributed by atoms with Gasteiger partial charge < -0.3 is 14.8 Å². The molecule has 0 radical (unpaired) electrons. The molecule has 1 N–H and O–H groups in total. The number of amides is 1. The van der Waals surface area contributed by atoms with E-state index in [0.717, 1.165) is 63.4 Å². The van der Waals surface area contributed by atoms with E-state index in [4.69, 9.17) is 9.47 Å². The molecule has 0 aromatic heterocycles. The first-order valence-electron chi connectivity index (χ1n) is 16.7. The number of hydrogen-bond acceptors (Lipinski definition) is 6. The zero-order valence-corrected chi connectivity index (χ0v) is 27.9. The number of nitrogens with one attached hydrogen (secondary N) is 1. The molecule has 5 unspecified atom stereocenters. The predicted molar refractivity (Wildman–Crippen MR) is 165 cm³/mol. The second-order valence-electron chi connectivity index (χ2n) is 16.3. The van der Waals surface area contributed by atoms with Gasteiger partial charge in [-0.15, -0.1) is 0 Å². The van der Waals surface area contributed by atoms with Crippen LogP contribution < -0.4 is 5.32 Å². The predicted octanol–water partition coefficient (Wildman–Crippen LogP) is 6.43. The number of hydrogen-bond donors (Lipinski definition) is 1. The van der Waals surface area contributed by atoms with Gasteiger partial charge in [0.2, 0.25) is 5.91 Å². The van der Waals surface area contributed by atoms with E-state index in [0.29, 0.717) is 30.0 Å². The lowest BCUT2D eigenvalue weighted by Crippen LogP contribution is -2.67. The molecule has 0 saturated heterocycles. The average Bonchev–Trinajstić information content (AvgIpc) is 3.36. The Morgan fingerprint density at radius 3 is 2.21 bits per heavy atom. The van der Waals surface area contributed by atoms with Crippen molar-refractivity contribution in [2.75, 3.05) is 14.2 Å². The van der Waals surface area contributed by atoms with Gasteiger partial charge in [-0.25, -0.2) is 4.79 Å². The van der Waals surface area contributed by atoms with Crippen molar-refractivity contribution in [3.8, 4) is 0 Å².